The molecule has 2 N–H and O–H groups in total. The average Bonchev–Trinajstić information content (AvgIpc) is 3.32. The molecule has 29 heavy (non-hydrogen) atoms. The van der Waals surface area contributed by atoms with Gasteiger partial charge in [0.2, 0.25) is 11.1 Å². The van der Waals surface area contributed by atoms with Crippen LogP contribution in [0.1, 0.15) is 38.2 Å². The Hall–Kier alpha value is -2.72. The summed E-state index contributed by atoms with van der Waals surface area (Å²) in [4.78, 5) is 26.0. The second kappa shape index (κ2) is 9.19. The number of rotatable bonds is 6. The molecule has 2 heterocycles. The van der Waals surface area contributed by atoms with E-state index in [9.17, 15) is 9.59 Å². The summed E-state index contributed by atoms with van der Waals surface area (Å²) in [6.45, 7) is 8.04. The number of carbonyl (C=O) groups excluding carboxylic acids is 2. The summed E-state index contributed by atoms with van der Waals surface area (Å²) in [6, 6.07) is 7.74. The van der Waals surface area contributed by atoms with Crippen LogP contribution in [0, 0.1) is 20.8 Å². The quantitative estimate of drug-likeness (QED) is 0.461. The third-order valence-electron chi connectivity index (χ3n) is 4.52. The van der Waals surface area contributed by atoms with Gasteiger partial charge in [0, 0.05) is 4.88 Å². The van der Waals surface area contributed by atoms with Crippen LogP contribution in [-0.4, -0.2) is 37.8 Å². The van der Waals surface area contributed by atoms with Gasteiger partial charge in [-0.05, 0) is 66.4 Å². The van der Waals surface area contributed by atoms with Crippen molar-refractivity contribution < 1.29 is 9.59 Å². The first kappa shape index (κ1) is 21.0. The van der Waals surface area contributed by atoms with Crippen LogP contribution in [0.15, 0.2) is 29.4 Å². The summed E-state index contributed by atoms with van der Waals surface area (Å²) >= 11 is 2.61. The van der Waals surface area contributed by atoms with Crippen molar-refractivity contribution in [3.05, 3.63) is 50.7 Å². The Bertz CT molecular complexity index is 1040. The fraction of sp³-hybridized carbons (Fsp3) is 0.316. The molecule has 3 aromatic rings. The Labute approximate surface area is 177 Å². The number of hydrazine groups is 1. The van der Waals surface area contributed by atoms with Crippen LogP contribution in [0.2, 0.25) is 0 Å². The smallest absolute Gasteiger partial charge is 0.272 e. The first-order chi connectivity index (χ1) is 13.9. The van der Waals surface area contributed by atoms with Crippen LogP contribution < -0.4 is 10.9 Å². The molecule has 0 spiro atoms. The number of benzene rings is 1. The predicted molar refractivity (Wildman–Crippen MR) is 113 cm³/mol. The molecule has 0 aliphatic carbocycles. The van der Waals surface area contributed by atoms with Crippen LogP contribution >= 0.6 is 23.1 Å². The number of aryl methyl sites for hydroxylation is 3. The highest BCUT2D eigenvalue weighted by atomic mass is 32.2. The van der Waals surface area contributed by atoms with Gasteiger partial charge < -0.3 is 0 Å². The minimum atomic E-state index is -0.345. The summed E-state index contributed by atoms with van der Waals surface area (Å²) in [6.07, 6.45) is 0.869. The van der Waals surface area contributed by atoms with E-state index in [4.69, 9.17) is 0 Å². The lowest BCUT2D eigenvalue weighted by Crippen LogP contribution is -2.42. The van der Waals surface area contributed by atoms with Gasteiger partial charge in [-0.3, -0.25) is 20.4 Å². The van der Waals surface area contributed by atoms with Crippen LogP contribution in [0.5, 0.6) is 0 Å². The molecule has 0 saturated carbocycles. The van der Waals surface area contributed by atoms with Crippen molar-refractivity contribution in [3.63, 3.8) is 0 Å². The van der Waals surface area contributed by atoms with Gasteiger partial charge >= 0.3 is 0 Å². The minimum absolute atomic E-state index is 0.0647. The second-order valence-electron chi connectivity index (χ2n) is 6.43. The summed E-state index contributed by atoms with van der Waals surface area (Å²) in [5, 5.41) is 12.3. The number of amides is 2. The molecular formula is C19H22N6O2S2. The van der Waals surface area contributed by atoms with Crippen LogP contribution in [0.25, 0.3) is 5.69 Å². The molecule has 152 valence electrons. The summed E-state index contributed by atoms with van der Waals surface area (Å²) in [5.41, 5.74) is 9.10. The summed E-state index contributed by atoms with van der Waals surface area (Å²) in [7, 11) is 0. The Balaban J connectivity index is 1.57. The van der Waals surface area contributed by atoms with Crippen molar-refractivity contribution in [3.8, 4) is 5.69 Å². The van der Waals surface area contributed by atoms with Gasteiger partial charge in [-0.1, -0.05) is 30.8 Å². The first-order valence-corrected chi connectivity index (χ1v) is 10.9. The van der Waals surface area contributed by atoms with Crippen molar-refractivity contribution in [1.82, 2.24) is 31.1 Å². The second-order valence-corrected chi connectivity index (χ2v) is 8.63. The molecule has 8 nitrogen and oxygen atoms in total. The van der Waals surface area contributed by atoms with E-state index in [1.807, 2.05) is 52.0 Å². The standard InChI is InChI=1S/C19H22N6O2S2/c1-5-14-9-16(29-13(14)4)18(27)21-20-17(26)10-28-19-22-23-24-25(19)15-8-6-7-11(2)12(15)3/h6-9H,5,10H2,1-4H3,(H,20,26)(H,21,27). The molecule has 0 atom stereocenters. The zero-order chi connectivity index (χ0) is 21.0. The maximum absolute atomic E-state index is 12.2. The molecule has 0 aliphatic rings. The summed E-state index contributed by atoms with van der Waals surface area (Å²) in [5.74, 6) is -0.603. The van der Waals surface area contributed by atoms with Gasteiger partial charge in [-0.25, -0.2) is 0 Å². The molecule has 1 aromatic carbocycles. The highest BCUT2D eigenvalue weighted by Crippen LogP contribution is 2.23. The van der Waals surface area contributed by atoms with Crippen LogP contribution in [0.4, 0.5) is 0 Å². The third-order valence-corrected chi connectivity index (χ3v) is 6.53. The van der Waals surface area contributed by atoms with Crippen molar-refractivity contribution in [1.29, 1.82) is 0 Å². The van der Waals surface area contributed by atoms with Gasteiger partial charge in [0.05, 0.1) is 16.3 Å². The fourth-order valence-corrected chi connectivity index (χ4v) is 4.42. The molecule has 0 bridgehead atoms. The number of nitrogens with zero attached hydrogens (tertiary/aromatic N) is 4. The molecule has 2 aromatic heterocycles. The number of thiophene rings is 1. The largest absolute Gasteiger partial charge is 0.279 e. The van der Waals surface area contributed by atoms with E-state index in [2.05, 4.69) is 26.4 Å². The maximum Gasteiger partial charge on any atom is 0.279 e. The molecule has 0 saturated heterocycles. The maximum atomic E-state index is 12.2. The number of hydrogen-bond donors (Lipinski definition) is 2. The van der Waals surface area contributed by atoms with E-state index >= 15 is 0 Å². The lowest BCUT2D eigenvalue weighted by Gasteiger charge is -2.09. The van der Waals surface area contributed by atoms with E-state index in [-0.39, 0.29) is 17.6 Å². The SMILES string of the molecule is CCc1cc(C(=O)NNC(=O)CSc2nnnn2-c2cccc(C)c2C)sc1C. The van der Waals surface area contributed by atoms with E-state index in [0.29, 0.717) is 10.0 Å². The molecule has 2 amide bonds. The molecule has 3 rings (SSSR count). The average molecular weight is 431 g/mol. The highest BCUT2D eigenvalue weighted by molar-refractivity contribution is 7.99. The predicted octanol–water partition coefficient (Wildman–Crippen LogP) is 2.76. The topological polar surface area (TPSA) is 102 Å². The van der Waals surface area contributed by atoms with E-state index < -0.39 is 0 Å². The number of carbonyl (C=O) groups is 2. The van der Waals surface area contributed by atoms with Crippen LogP contribution in [0.3, 0.4) is 0 Å². The third kappa shape index (κ3) is 4.83. The lowest BCUT2D eigenvalue weighted by atomic mass is 10.1. The Morgan fingerprint density at radius 1 is 1.21 bits per heavy atom. The highest BCUT2D eigenvalue weighted by Gasteiger charge is 2.15. The normalized spacial score (nSPS) is 10.8. The Morgan fingerprint density at radius 3 is 2.72 bits per heavy atom. The van der Waals surface area contributed by atoms with Gasteiger partial charge in [0.15, 0.2) is 0 Å². The van der Waals surface area contributed by atoms with Gasteiger partial charge in [-0.2, -0.15) is 4.68 Å². The fourth-order valence-electron chi connectivity index (χ4n) is 2.72. The van der Waals surface area contributed by atoms with Crippen molar-refractivity contribution in [2.45, 2.75) is 39.3 Å². The first-order valence-electron chi connectivity index (χ1n) is 9.07. The minimum Gasteiger partial charge on any atom is -0.272 e. The Kier molecular flexibility index (Phi) is 6.65. The number of tetrazole rings is 1. The van der Waals surface area contributed by atoms with Gasteiger partial charge in [0.25, 0.3) is 5.91 Å². The van der Waals surface area contributed by atoms with E-state index in [1.165, 1.54) is 23.1 Å². The zero-order valence-electron chi connectivity index (χ0n) is 16.6. The monoisotopic (exact) mass is 430 g/mol. The van der Waals surface area contributed by atoms with Gasteiger partial charge in [-0.15, -0.1) is 16.4 Å². The van der Waals surface area contributed by atoms with Crippen molar-refractivity contribution in [2.75, 3.05) is 5.75 Å². The molecule has 0 aliphatic heterocycles. The van der Waals surface area contributed by atoms with Crippen LogP contribution in [-0.2, 0) is 11.2 Å². The lowest BCUT2D eigenvalue weighted by molar-refractivity contribution is -0.119. The zero-order valence-corrected chi connectivity index (χ0v) is 18.3. The summed E-state index contributed by atoms with van der Waals surface area (Å²) < 4.78 is 1.61. The number of nitrogens with one attached hydrogen (secondary N) is 2. The molecule has 0 fully saturated rings. The molecule has 10 heteroatoms. The van der Waals surface area contributed by atoms with E-state index in [0.717, 1.165) is 33.7 Å². The number of aromatic nitrogens is 4. The van der Waals surface area contributed by atoms with Gasteiger partial charge in [0.1, 0.15) is 0 Å². The molecule has 0 unspecified atom stereocenters. The number of thioether (sulfide) groups is 1. The van der Waals surface area contributed by atoms with Crippen molar-refractivity contribution >= 4 is 34.9 Å². The molecular weight excluding hydrogens is 408 g/mol. The van der Waals surface area contributed by atoms with Crippen molar-refractivity contribution in [2.24, 2.45) is 0 Å². The van der Waals surface area contributed by atoms with E-state index in [1.54, 1.807) is 4.68 Å². The molecule has 0 radical (unpaired) electrons. The number of hydrogen-bond acceptors (Lipinski definition) is 7. The Morgan fingerprint density at radius 2 is 2.00 bits per heavy atom.